The molecule has 100 valence electrons. The molecule has 4 nitrogen and oxygen atoms in total. The van der Waals surface area contributed by atoms with E-state index < -0.39 is 0 Å². The highest BCUT2D eigenvalue weighted by Crippen LogP contribution is 2.32. The molecule has 0 aliphatic carbocycles. The second-order valence-corrected chi connectivity index (χ2v) is 5.71. The molecule has 3 unspecified atom stereocenters. The van der Waals surface area contributed by atoms with Crippen molar-refractivity contribution in [2.24, 2.45) is 7.05 Å². The average Bonchev–Trinajstić information content (AvgIpc) is 3.09. The van der Waals surface area contributed by atoms with Crippen LogP contribution < -0.4 is 5.32 Å². The number of nitrogens with one attached hydrogen (secondary N) is 1. The van der Waals surface area contributed by atoms with Gasteiger partial charge in [0, 0.05) is 31.4 Å². The van der Waals surface area contributed by atoms with Crippen LogP contribution in [0.2, 0.25) is 0 Å². The van der Waals surface area contributed by atoms with E-state index in [1.807, 2.05) is 17.9 Å². The Balaban J connectivity index is 1.76. The number of aryl methyl sites for hydroxylation is 1. The largest absolute Gasteiger partial charge is 0.312 e. The molecule has 3 heterocycles. The Labute approximate surface area is 109 Å². The van der Waals surface area contributed by atoms with Gasteiger partial charge in [0.25, 0.3) is 0 Å². The number of hydrogen-bond donors (Lipinski definition) is 1. The molecule has 1 aromatic rings. The van der Waals surface area contributed by atoms with Crippen molar-refractivity contribution in [1.82, 2.24) is 20.0 Å². The summed E-state index contributed by atoms with van der Waals surface area (Å²) in [5.41, 5.74) is 1.33. The monoisotopic (exact) mass is 248 g/mol. The highest BCUT2D eigenvalue weighted by Gasteiger charge is 2.36. The van der Waals surface area contributed by atoms with Crippen LogP contribution in [0.3, 0.4) is 0 Å². The van der Waals surface area contributed by atoms with Crippen molar-refractivity contribution >= 4 is 0 Å². The standard InChI is InChI=1S/C14H24N4/c1-11(13-7-9-16-17(13)2)18-10-4-6-14(18)12-5-3-8-15-12/h7,9,11-12,14-15H,3-6,8,10H2,1-2H3. The summed E-state index contributed by atoms with van der Waals surface area (Å²) in [5.74, 6) is 0. The van der Waals surface area contributed by atoms with Crippen molar-refractivity contribution in [3.63, 3.8) is 0 Å². The third-order valence-corrected chi connectivity index (χ3v) is 4.69. The van der Waals surface area contributed by atoms with Gasteiger partial charge in [-0.1, -0.05) is 0 Å². The topological polar surface area (TPSA) is 33.1 Å². The minimum Gasteiger partial charge on any atom is -0.312 e. The number of rotatable bonds is 3. The summed E-state index contributed by atoms with van der Waals surface area (Å²) in [6, 6.07) is 4.07. The van der Waals surface area contributed by atoms with Gasteiger partial charge in [0.1, 0.15) is 0 Å². The second kappa shape index (κ2) is 5.02. The summed E-state index contributed by atoms with van der Waals surface area (Å²) in [6.07, 6.45) is 7.28. The lowest BCUT2D eigenvalue weighted by Crippen LogP contribution is -2.45. The maximum Gasteiger partial charge on any atom is 0.0549 e. The average molecular weight is 248 g/mol. The molecule has 3 atom stereocenters. The van der Waals surface area contributed by atoms with Gasteiger partial charge in [-0.05, 0) is 51.8 Å². The lowest BCUT2D eigenvalue weighted by atomic mass is 10.0. The normalized spacial score (nSPS) is 31.0. The molecule has 0 aromatic carbocycles. The zero-order chi connectivity index (χ0) is 12.5. The summed E-state index contributed by atoms with van der Waals surface area (Å²) in [5, 5.41) is 7.99. The molecule has 2 fully saturated rings. The van der Waals surface area contributed by atoms with Crippen molar-refractivity contribution in [2.45, 2.75) is 50.7 Å². The first kappa shape index (κ1) is 12.2. The van der Waals surface area contributed by atoms with Gasteiger partial charge in [0.2, 0.25) is 0 Å². The molecule has 3 rings (SSSR count). The Morgan fingerprint density at radius 3 is 2.94 bits per heavy atom. The van der Waals surface area contributed by atoms with Crippen LogP contribution in [0.5, 0.6) is 0 Å². The van der Waals surface area contributed by atoms with Gasteiger partial charge in [-0.25, -0.2) is 0 Å². The molecule has 0 bridgehead atoms. The maximum absolute atomic E-state index is 4.31. The van der Waals surface area contributed by atoms with E-state index in [1.54, 1.807) is 0 Å². The molecule has 2 aliphatic heterocycles. The van der Waals surface area contributed by atoms with Crippen molar-refractivity contribution < 1.29 is 0 Å². The maximum atomic E-state index is 4.31. The zero-order valence-corrected chi connectivity index (χ0v) is 11.5. The van der Waals surface area contributed by atoms with Crippen LogP contribution in [0.4, 0.5) is 0 Å². The van der Waals surface area contributed by atoms with Crippen LogP contribution in [0.25, 0.3) is 0 Å². The number of likely N-dealkylation sites (tertiary alicyclic amines) is 1. The molecule has 0 radical (unpaired) electrons. The Morgan fingerprint density at radius 1 is 1.39 bits per heavy atom. The Bertz CT molecular complexity index is 394. The lowest BCUT2D eigenvalue weighted by Gasteiger charge is -2.34. The first-order valence-corrected chi connectivity index (χ1v) is 7.24. The molecule has 0 amide bonds. The third kappa shape index (κ3) is 2.08. The van der Waals surface area contributed by atoms with Crippen molar-refractivity contribution in [3.8, 4) is 0 Å². The van der Waals surface area contributed by atoms with Crippen molar-refractivity contribution in [3.05, 3.63) is 18.0 Å². The van der Waals surface area contributed by atoms with Gasteiger partial charge >= 0.3 is 0 Å². The van der Waals surface area contributed by atoms with E-state index in [0.29, 0.717) is 12.1 Å². The quantitative estimate of drug-likeness (QED) is 0.884. The molecule has 0 saturated carbocycles. The van der Waals surface area contributed by atoms with E-state index in [2.05, 4.69) is 28.3 Å². The third-order valence-electron chi connectivity index (χ3n) is 4.69. The predicted octanol–water partition coefficient (Wildman–Crippen LogP) is 1.70. The van der Waals surface area contributed by atoms with E-state index in [9.17, 15) is 0 Å². The van der Waals surface area contributed by atoms with Gasteiger partial charge in [0.05, 0.1) is 5.69 Å². The van der Waals surface area contributed by atoms with Crippen LogP contribution in [0.1, 0.15) is 44.3 Å². The van der Waals surface area contributed by atoms with Crippen LogP contribution in [-0.4, -0.2) is 39.9 Å². The van der Waals surface area contributed by atoms with Crippen LogP contribution in [0.15, 0.2) is 12.3 Å². The molecule has 1 aromatic heterocycles. The fourth-order valence-corrected chi connectivity index (χ4v) is 3.73. The Kier molecular flexibility index (Phi) is 3.39. The molecule has 18 heavy (non-hydrogen) atoms. The van der Waals surface area contributed by atoms with Gasteiger partial charge < -0.3 is 5.32 Å². The van der Waals surface area contributed by atoms with E-state index in [1.165, 1.54) is 44.5 Å². The molecule has 1 N–H and O–H groups in total. The number of nitrogens with zero attached hydrogens (tertiary/aromatic N) is 3. The molecular weight excluding hydrogens is 224 g/mol. The summed E-state index contributed by atoms with van der Waals surface area (Å²) < 4.78 is 2.02. The van der Waals surface area contributed by atoms with Crippen LogP contribution >= 0.6 is 0 Å². The molecule has 2 aliphatic rings. The predicted molar refractivity (Wildman–Crippen MR) is 72.4 cm³/mol. The minimum absolute atomic E-state index is 0.479. The van der Waals surface area contributed by atoms with Gasteiger partial charge in [0.15, 0.2) is 0 Å². The van der Waals surface area contributed by atoms with E-state index in [0.717, 1.165) is 6.04 Å². The molecule has 0 spiro atoms. The van der Waals surface area contributed by atoms with Crippen LogP contribution in [-0.2, 0) is 7.05 Å². The highest BCUT2D eigenvalue weighted by molar-refractivity contribution is 5.08. The second-order valence-electron chi connectivity index (χ2n) is 5.71. The smallest absolute Gasteiger partial charge is 0.0549 e. The minimum atomic E-state index is 0.479. The molecule has 2 saturated heterocycles. The first-order chi connectivity index (χ1) is 8.77. The Hall–Kier alpha value is -0.870. The number of aromatic nitrogens is 2. The SMILES string of the molecule is CC(c1ccnn1C)N1CCCC1C1CCCN1. The first-order valence-electron chi connectivity index (χ1n) is 7.24. The van der Waals surface area contributed by atoms with Crippen molar-refractivity contribution in [2.75, 3.05) is 13.1 Å². The fourth-order valence-electron chi connectivity index (χ4n) is 3.73. The van der Waals surface area contributed by atoms with E-state index >= 15 is 0 Å². The van der Waals surface area contributed by atoms with Gasteiger partial charge in [-0.15, -0.1) is 0 Å². The zero-order valence-electron chi connectivity index (χ0n) is 11.5. The van der Waals surface area contributed by atoms with Gasteiger partial charge in [-0.2, -0.15) is 5.10 Å². The van der Waals surface area contributed by atoms with E-state index in [4.69, 9.17) is 0 Å². The fraction of sp³-hybridized carbons (Fsp3) is 0.786. The Morgan fingerprint density at radius 2 is 2.28 bits per heavy atom. The summed E-state index contributed by atoms with van der Waals surface area (Å²) in [4.78, 5) is 2.68. The van der Waals surface area contributed by atoms with Crippen molar-refractivity contribution in [1.29, 1.82) is 0 Å². The lowest BCUT2D eigenvalue weighted by molar-refractivity contribution is 0.158. The summed E-state index contributed by atoms with van der Waals surface area (Å²) in [6.45, 7) is 4.76. The summed E-state index contributed by atoms with van der Waals surface area (Å²) >= 11 is 0. The summed E-state index contributed by atoms with van der Waals surface area (Å²) in [7, 11) is 2.05. The molecular formula is C14H24N4. The molecule has 4 heteroatoms. The number of hydrogen-bond acceptors (Lipinski definition) is 3. The van der Waals surface area contributed by atoms with E-state index in [-0.39, 0.29) is 0 Å². The van der Waals surface area contributed by atoms with Gasteiger partial charge in [-0.3, -0.25) is 9.58 Å². The van der Waals surface area contributed by atoms with Crippen LogP contribution in [0, 0.1) is 0 Å². The highest BCUT2D eigenvalue weighted by atomic mass is 15.3.